The molecule has 0 radical (unpaired) electrons. The SMILES string of the molecule is O=C1C[C@H](C(=O)O)[C@H](c2cccc(Br)c2)O1. The summed E-state index contributed by atoms with van der Waals surface area (Å²) in [4.78, 5) is 22.1. The van der Waals surface area contributed by atoms with E-state index in [1.165, 1.54) is 0 Å². The maximum absolute atomic E-state index is 11.1. The number of halogens is 1. The molecule has 0 amide bonds. The van der Waals surface area contributed by atoms with Crippen molar-refractivity contribution in [2.45, 2.75) is 12.5 Å². The molecule has 1 aliphatic rings. The van der Waals surface area contributed by atoms with Crippen LogP contribution in [-0.2, 0) is 14.3 Å². The first-order chi connectivity index (χ1) is 7.58. The number of carbonyl (C=O) groups is 2. The van der Waals surface area contributed by atoms with Gasteiger partial charge in [-0.1, -0.05) is 28.1 Å². The summed E-state index contributed by atoms with van der Waals surface area (Å²) < 4.78 is 5.87. The van der Waals surface area contributed by atoms with Gasteiger partial charge in [-0.05, 0) is 17.7 Å². The smallest absolute Gasteiger partial charge is 0.311 e. The summed E-state index contributed by atoms with van der Waals surface area (Å²) in [5.41, 5.74) is 0.702. The summed E-state index contributed by atoms with van der Waals surface area (Å²) in [6, 6.07) is 7.13. The molecular weight excluding hydrogens is 276 g/mol. The van der Waals surface area contributed by atoms with Crippen LogP contribution in [0.2, 0.25) is 0 Å². The average molecular weight is 285 g/mol. The minimum absolute atomic E-state index is 0.0630. The summed E-state index contributed by atoms with van der Waals surface area (Å²) in [6.07, 6.45) is -0.741. The van der Waals surface area contributed by atoms with Gasteiger partial charge in [0.1, 0.15) is 12.0 Å². The molecule has 0 saturated carbocycles. The average Bonchev–Trinajstić information content (AvgIpc) is 2.60. The van der Waals surface area contributed by atoms with Crippen molar-refractivity contribution in [2.75, 3.05) is 0 Å². The normalized spacial score (nSPS) is 24.2. The van der Waals surface area contributed by atoms with Crippen molar-refractivity contribution in [1.82, 2.24) is 0 Å². The standard InChI is InChI=1S/C11H9BrO4/c12-7-3-1-2-6(4-7)10-8(11(14)15)5-9(13)16-10/h1-4,8,10H,5H2,(H,14,15)/t8-,10-/m0/s1. The number of carbonyl (C=O) groups excluding carboxylic acids is 1. The number of esters is 1. The Morgan fingerprint density at radius 2 is 2.25 bits per heavy atom. The van der Waals surface area contributed by atoms with Gasteiger partial charge in [-0.3, -0.25) is 9.59 Å². The molecule has 0 unspecified atom stereocenters. The fourth-order valence-corrected chi connectivity index (χ4v) is 2.18. The number of aliphatic carboxylic acids is 1. The number of benzene rings is 1. The molecule has 1 fully saturated rings. The van der Waals surface area contributed by atoms with Crippen LogP contribution in [0.15, 0.2) is 28.7 Å². The number of hydrogen-bond acceptors (Lipinski definition) is 3. The first-order valence-corrected chi connectivity index (χ1v) is 5.55. The van der Waals surface area contributed by atoms with Crippen molar-refractivity contribution in [3.8, 4) is 0 Å². The van der Waals surface area contributed by atoms with Crippen molar-refractivity contribution < 1.29 is 19.4 Å². The van der Waals surface area contributed by atoms with Crippen LogP contribution in [0.25, 0.3) is 0 Å². The minimum atomic E-state index is -1.00. The first-order valence-electron chi connectivity index (χ1n) is 4.75. The van der Waals surface area contributed by atoms with Crippen molar-refractivity contribution >= 4 is 27.9 Å². The number of ether oxygens (including phenoxy) is 1. The molecule has 0 aliphatic carbocycles. The van der Waals surface area contributed by atoms with E-state index in [1.54, 1.807) is 18.2 Å². The first kappa shape index (κ1) is 11.1. The van der Waals surface area contributed by atoms with E-state index in [-0.39, 0.29) is 6.42 Å². The Hall–Kier alpha value is -1.36. The largest absolute Gasteiger partial charge is 0.481 e. The van der Waals surface area contributed by atoms with Crippen LogP contribution >= 0.6 is 15.9 Å². The second-order valence-corrected chi connectivity index (χ2v) is 4.53. The molecule has 4 nitrogen and oxygen atoms in total. The summed E-state index contributed by atoms with van der Waals surface area (Å²) in [5, 5.41) is 8.99. The molecule has 0 spiro atoms. The lowest BCUT2D eigenvalue weighted by atomic mass is 9.95. The molecule has 0 aromatic heterocycles. The van der Waals surface area contributed by atoms with Crippen LogP contribution in [0.5, 0.6) is 0 Å². The minimum Gasteiger partial charge on any atom is -0.481 e. The van der Waals surface area contributed by atoms with Gasteiger partial charge < -0.3 is 9.84 Å². The van der Waals surface area contributed by atoms with Crippen molar-refractivity contribution in [1.29, 1.82) is 0 Å². The van der Waals surface area contributed by atoms with Gasteiger partial charge in [0.05, 0.1) is 6.42 Å². The Morgan fingerprint density at radius 1 is 1.50 bits per heavy atom. The number of hydrogen-bond donors (Lipinski definition) is 1. The lowest BCUT2D eigenvalue weighted by Gasteiger charge is -2.14. The Kier molecular flexibility index (Phi) is 2.96. The molecule has 16 heavy (non-hydrogen) atoms. The molecule has 1 aromatic carbocycles. The van der Waals surface area contributed by atoms with E-state index in [1.807, 2.05) is 6.07 Å². The van der Waals surface area contributed by atoms with E-state index >= 15 is 0 Å². The van der Waals surface area contributed by atoms with Crippen LogP contribution in [0.3, 0.4) is 0 Å². The highest BCUT2D eigenvalue weighted by atomic mass is 79.9. The van der Waals surface area contributed by atoms with E-state index in [0.717, 1.165) is 4.47 Å². The number of cyclic esters (lactones) is 1. The van der Waals surface area contributed by atoms with Crippen molar-refractivity contribution in [3.05, 3.63) is 34.3 Å². The second kappa shape index (κ2) is 4.25. The third kappa shape index (κ3) is 2.09. The number of carboxylic acid groups (broad SMARTS) is 1. The molecule has 2 atom stereocenters. The quantitative estimate of drug-likeness (QED) is 0.845. The van der Waals surface area contributed by atoms with Crippen LogP contribution in [-0.4, -0.2) is 17.0 Å². The molecule has 1 heterocycles. The van der Waals surface area contributed by atoms with Gasteiger partial charge in [-0.15, -0.1) is 0 Å². The fourth-order valence-electron chi connectivity index (χ4n) is 1.76. The van der Waals surface area contributed by atoms with E-state index < -0.39 is 24.0 Å². The fraction of sp³-hybridized carbons (Fsp3) is 0.273. The number of rotatable bonds is 2. The maximum Gasteiger partial charge on any atom is 0.311 e. The predicted octanol–water partition coefficient (Wildman–Crippen LogP) is 2.14. The molecule has 1 N–H and O–H groups in total. The zero-order chi connectivity index (χ0) is 11.7. The molecular formula is C11H9BrO4. The third-order valence-corrected chi connectivity index (χ3v) is 3.00. The molecule has 1 aromatic rings. The van der Waals surface area contributed by atoms with Crippen molar-refractivity contribution in [2.24, 2.45) is 5.92 Å². The molecule has 2 rings (SSSR count). The summed E-state index contributed by atoms with van der Waals surface area (Å²) in [5.74, 6) is -2.25. The summed E-state index contributed by atoms with van der Waals surface area (Å²) >= 11 is 3.29. The van der Waals surface area contributed by atoms with E-state index in [9.17, 15) is 9.59 Å². The second-order valence-electron chi connectivity index (χ2n) is 3.61. The highest BCUT2D eigenvalue weighted by Gasteiger charge is 2.40. The van der Waals surface area contributed by atoms with E-state index in [2.05, 4.69) is 15.9 Å². The molecule has 1 saturated heterocycles. The molecule has 0 bridgehead atoms. The lowest BCUT2D eigenvalue weighted by Crippen LogP contribution is -2.17. The zero-order valence-corrected chi connectivity index (χ0v) is 9.81. The predicted molar refractivity (Wildman–Crippen MR) is 58.7 cm³/mol. The van der Waals surface area contributed by atoms with Gasteiger partial charge >= 0.3 is 11.9 Å². The topological polar surface area (TPSA) is 63.6 Å². The van der Waals surface area contributed by atoms with Gasteiger partial charge in [0.15, 0.2) is 0 Å². The van der Waals surface area contributed by atoms with Crippen LogP contribution in [0, 0.1) is 5.92 Å². The molecule has 84 valence electrons. The summed E-state index contributed by atoms with van der Waals surface area (Å²) in [6.45, 7) is 0. The lowest BCUT2D eigenvalue weighted by molar-refractivity contribution is -0.144. The Morgan fingerprint density at radius 3 is 2.88 bits per heavy atom. The zero-order valence-electron chi connectivity index (χ0n) is 8.22. The van der Waals surface area contributed by atoms with Gasteiger partial charge in [0, 0.05) is 4.47 Å². The molecule has 5 heteroatoms. The third-order valence-electron chi connectivity index (χ3n) is 2.50. The van der Waals surface area contributed by atoms with Gasteiger partial charge in [-0.2, -0.15) is 0 Å². The van der Waals surface area contributed by atoms with E-state index in [4.69, 9.17) is 9.84 Å². The maximum atomic E-state index is 11.1. The summed E-state index contributed by atoms with van der Waals surface area (Å²) in [7, 11) is 0. The highest BCUT2D eigenvalue weighted by Crippen LogP contribution is 2.36. The molecule has 1 aliphatic heterocycles. The van der Waals surface area contributed by atoms with E-state index in [0.29, 0.717) is 5.56 Å². The van der Waals surface area contributed by atoms with Crippen molar-refractivity contribution in [3.63, 3.8) is 0 Å². The van der Waals surface area contributed by atoms with Gasteiger partial charge in [0.2, 0.25) is 0 Å². The Balaban J connectivity index is 2.32. The van der Waals surface area contributed by atoms with Crippen LogP contribution in [0.1, 0.15) is 18.1 Å². The Labute approximate surface area is 100 Å². The van der Waals surface area contributed by atoms with Crippen LogP contribution in [0.4, 0.5) is 0 Å². The van der Waals surface area contributed by atoms with Crippen LogP contribution < -0.4 is 0 Å². The Bertz CT molecular complexity index is 443. The monoisotopic (exact) mass is 284 g/mol. The van der Waals surface area contributed by atoms with Gasteiger partial charge in [-0.25, -0.2) is 0 Å². The highest BCUT2D eigenvalue weighted by molar-refractivity contribution is 9.10. The number of carboxylic acids is 1. The van der Waals surface area contributed by atoms with Gasteiger partial charge in [0.25, 0.3) is 0 Å².